The number of aromatic nitrogens is 1. The molecule has 0 saturated heterocycles. The summed E-state index contributed by atoms with van der Waals surface area (Å²) >= 11 is 0. The molecule has 8 rings (SSSR count). The number of carbonyl (C=O) groups excluding carboxylic acids is 1. The molecule has 3 aromatic carbocycles. The lowest BCUT2D eigenvalue weighted by molar-refractivity contribution is -0.384. The number of nitro benzene ring substituents is 1. The predicted octanol–water partition coefficient (Wildman–Crippen LogP) is 10.8. The number of benzene rings is 3. The van der Waals surface area contributed by atoms with Crippen molar-refractivity contribution in [1.29, 1.82) is 0 Å². The Bertz CT molecular complexity index is 2480. The van der Waals surface area contributed by atoms with Crippen LogP contribution in [0.15, 0.2) is 114 Å². The van der Waals surface area contributed by atoms with Gasteiger partial charge in [-0.15, -0.1) is 6.58 Å². The molecule has 4 aromatic rings. The minimum atomic E-state index is -1.49. The van der Waals surface area contributed by atoms with Gasteiger partial charge < -0.3 is 34.2 Å². The normalized spacial score (nSPS) is 23.2. The third-order valence-electron chi connectivity index (χ3n) is 14.7. The number of aliphatic hydroxyl groups is 2. The highest BCUT2D eigenvalue weighted by molar-refractivity contribution is 6.03. The molecule has 1 aromatic heterocycles. The van der Waals surface area contributed by atoms with Crippen molar-refractivity contribution in [2.75, 3.05) is 19.8 Å². The number of oxime groups is 1. The van der Waals surface area contributed by atoms with Crippen LogP contribution in [-0.4, -0.2) is 68.3 Å². The average molecular weight is 959 g/mol. The number of halogens is 1. The molecule has 3 aliphatic carbocycles. The summed E-state index contributed by atoms with van der Waals surface area (Å²) < 4.78 is 35.7. The molecule has 14 heteroatoms. The van der Waals surface area contributed by atoms with Gasteiger partial charge in [-0.2, -0.15) is 0 Å². The van der Waals surface area contributed by atoms with Gasteiger partial charge in [0, 0.05) is 61.9 Å². The van der Waals surface area contributed by atoms with Crippen molar-refractivity contribution >= 4 is 17.3 Å². The van der Waals surface area contributed by atoms with Crippen LogP contribution in [0.2, 0.25) is 0 Å². The molecular formula is C56H67FN4O9. The van der Waals surface area contributed by atoms with Crippen molar-refractivity contribution in [1.82, 2.24) is 9.88 Å². The van der Waals surface area contributed by atoms with E-state index in [0.717, 1.165) is 85.9 Å². The largest absolute Gasteiger partial charge is 0.487 e. The Morgan fingerprint density at radius 2 is 1.71 bits per heavy atom. The van der Waals surface area contributed by atoms with E-state index in [4.69, 9.17) is 24.2 Å². The number of hydrogen-bond acceptors (Lipinski definition) is 11. The van der Waals surface area contributed by atoms with Crippen LogP contribution in [-0.2, 0) is 34.1 Å². The standard InChI is InChI=1S/C56H67FN4O9/c1-3-31-68-56-52(60(35-40-17-22-43(57)23-18-40)53(64)28-21-39-12-4-5-13-39)34-50(59-69-36-41-19-24-45(25-20-41)61(65)66)48-32-42(14-6-8-29-62)47(16-7-9-30-63)54(55(48)56)49-33-46(26-27-51(49)70-56)67-37-44-15-10-11-38(2)58-44/h3,10-11,15,17-20,22-27,32-33,39,42,47,52,54-55,62-63H,1,4-9,12-14,16,21,28-31,34-37H2,2H3. The molecular weight excluding hydrogens is 892 g/mol. The first-order valence-electron chi connectivity index (χ1n) is 25.1. The quantitative estimate of drug-likeness (QED) is 0.0299. The van der Waals surface area contributed by atoms with Gasteiger partial charge in [-0.3, -0.25) is 19.9 Å². The van der Waals surface area contributed by atoms with Crippen molar-refractivity contribution in [3.63, 3.8) is 0 Å². The molecule has 6 unspecified atom stereocenters. The number of carbonyl (C=O) groups is 1. The molecule has 1 aliphatic heterocycles. The summed E-state index contributed by atoms with van der Waals surface area (Å²) in [5, 5.41) is 36.5. The fraction of sp³-hybridized carbons (Fsp3) is 0.482. The van der Waals surface area contributed by atoms with E-state index in [0.29, 0.717) is 48.0 Å². The van der Waals surface area contributed by atoms with Crippen LogP contribution in [0.3, 0.4) is 0 Å². The van der Waals surface area contributed by atoms with Gasteiger partial charge in [0.1, 0.15) is 36.6 Å². The summed E-state index contributed by atoms with van der Waals surface area (Å²) in [5.41, 5.74) is 5.52. The molecule has 2 heterocycles. The second-order valence-corrected chi connectivity index (χ2v) is 19.4. The maximum absolute atomic E-state index is 15.2. The Balaban J connectivity index is 1.30. The molecule has 0 bridgehead atoms. The number of pyridine rings is 1. The van der Waals surface area contributed by atoms with E-state index in [1.165, 1.54) is 24.3 Å². The lowest BCUT2D eigenvalue weighted by Gasteiger charge is -2.60. The van der Waals surface area contributed by atoms with E-state index in [1.54, 1.807) is 30.3 Å². The Morgan fingerprint density at radius 1 is 0.971 bits per heavy atom. The van der Waals surface area contributed by atoms with E-state index in [1.807, 2.05) is 42.2 Å². The minimum absolute atomic E-state index is 0.00500. The Kier molecular flexibility index (Phi) is 17.1. The van der Waals surface area contributed by atoms with Crippen LogP contribution < -0.4 is 9.47 Å². The second kappa shape index (κ2) is 23.8. The topological polar surface area (TPSA) is 166 Å². The van der Waals surface area contributed by atoms with Gasteiger partial charge in [0.05, 0.1) is 28.9 Å². The summed E-state index contributed by atoms with van der Waals surface area (Å²) in [4.78, 5) is 39.0. The van der Waals surface area contributed by atoms with Crippen molar-refractivity contribution in [3.8, 4) is 11.5 Å². The monoisotopic (exact) mass is 958 g/mol. The van der Waals surface area contributed by atoms with E-state index in [2.05, 4.69) is 23.7 Å². The third-order valence-corrected chi connectivity index (χ3v) is 14.7. The van der Waals surface area contributed by atoms with Crippen molar-refractivity contribution in [3.05, 3.63) is 153 Å². The van der Waals surface area contributed by atoms with Gasteiger partial charge in [0.2, 0.25) is 11.7 Å². The highest BCUT2D eigenvalue weighted by atomic mass is 19.1. The average Bonchev–Trinajstić information content (AvgIpc) is 3.90. The van der Waals surface area contributed by atoms with Crippen LogP contribution in [0.5, 0.6) is 11.5 Å². The van der Waals surface area contributed by atoms with E-state index >= 15 is 4.79 Å². The zero-order chi connectivity index (χ0) is 49.0. The summed E-state index contributed by atoms with van der Waals surface area (Å²) in [6.45, 7) is 6.69. The number of fused-ring (bicyclic) bond motifs is 2. The molecule has 4 aliphatic rings. The Hall–Kier alpha value is -5.96. The fourth-order valence-electron chi connectivity index (χ4n) is 11.4. The lowest BCUT2D eigenvalue weighted by atomic mass is 9.55. The number of aliphatic hydroxyl groups excluding tert-OH is 2. The molecule has 372 valence electrons. The summed E-state index contributed by atoms with van der Waals surface area (Å²) in [6, 6.07) is 23.4. The van der Waals surface area contributed by atoms with E-state index in [-0.39, 0.29) is 81.2 Å². The lowest BCUT2D eigenvalue weighted by Crippen LogP contribution is -2.70. The summed E-state index contributed by atoms with van der Waals surface area (Å²) in [7, 11) is 0. The number of ether oxygens (including phenoxy) is 3. The van der Waals surface area contributed by atoms with Gasteiger partial charge in [-0.05, 0) is 128 Å². The first-order valence-corrected chi connectivity index (χ1v) is 25.1. The number of allylic oxidation sites excluding steroid dienone is 1. The zero-order valence-corrected chi connectivity index (χ0v) is 40.3. The van der Waals surface area contributed by atoms with Crippen molar-refractivity contribution in [2.24, 2.45) is 28.8 Å². The van der Waals surface area contributed by atoms with E-state index in [9.17, 15) is 24.7 Å². The molecule has 13 nitrogen and oxygen atoms in total. The van der Waals surface area contributed by atoms with Gasteiger partial charge in [-0.1, -0.05) is 74.0 Å². The third kappa shape index (κ3) is 11.8. The van der Waals surface area contributed by atoms with Crippen LogP contribution in [0, 0.1) is 46.5 Å². The van der Waals surface area contributed by atoms with Crippen LogP contribution in [0.1, 0.15) is 117 Å². The number of aryl methyl sites for hydroxylation is 1. The molecule has 6 atom stereocenters. The Morgan fingerprint density at radius 3 is 2.43 bits per heavy atom. The van der Waals surface area contributed by atoms with Gasteiger partial charge >= 0.3 is 0 Å². The molecule has 0 radical (unpaired) electrons. The first-order chi connectivity index (χ1) is 34.1. The number of unbranched alkanes of at least 4 members (excludes halogenated alkanes) is 2. The molecule has 0 spiro atoms. The molecule has 1 amide bonds. The van der Waals surface area contributed by atoms with Gasteiger partial charge in [-0.25, -0.2) is 4.39 Å². The van der Waals surface area contributed by atoms with E-state index < -0.39 is 22.7 Å². The zero-order valence-electron chi connectivity index (χ0n) is 40.3. The van der Waals surface area contributed by atoms with Crippen LogP contribution >= 0.6 is 0 Å². The number of amides is 1. The summed E-state index contributed by atoms with van der Waals surface area (Å²) in [5.74, 6) is -1.08. The molecule has 2 fully saturated rings. The highest BCUT2D eigenvalue weighted by Gasteiger charge is 2.65. The highest BCUT2D eigenvalue weighted by Crippen LogP contribution is 2.62. The van der Waals surface area contributed by atoms with Crippen LogP contribution in [0.4, 0.5) is 10.1 Å². The van der Waals surface area contributed by atoms with Crippen molar-refractivity contribution in [2.45, 2.75) is 128 Å². The number of non-ortho nitro benzene ring substituents is 1. The maximum Gasteiger partial charge on any atom is 0.269 e. The predicted molar refractivity (Wildman–Crippen MR) is 264 cm³/mol. The van der Waals surface area contributed by atoms with Crippen molar-refractivity contribution < 1.29 is 43.4 Å². The maximum atomic E-state index is 15.2. The molecule has 2 saturated carbocycles. The van der Waals surface area contributed by atoms with Gasteiger partial charge in [0.25, 0.3) is 5.69 Å². The molecule has 70 heavy (non-hydrogen) atoms. The number of nitro groups is 1. The SMILES string of the molecule is C=CCOC12Oc3ccc(OCc4cccc(C)n4)cc3C3C(CCCCO)C(CCCCO)C=C(C(=NOCc4ccc([N+](=O)[O-])cc4)CC1N(Cc1ccc(F)cc1)C(=O)CCC1CCCC1)C32. The first kappa shape index (κ1) is 50.4. The Labute approximate surface area is 410 Å². The smallest absolute Gasteiger partial charge is 0.269 e. The number of hydrogen-bond donors (Lipinski definition) is 2. The minimum Gasteiger partial charge on any atom is -0.487 e. The summed E-state index contributed by atoms with van der Waals surface area (Å²) in [6.07, 6.45) is 14.0. The fourth-order valence-corrected chi connectivity index (χ4v) is 11.4. The second-order valence-electron chi connectivity index (χ2n) is 19.4. The van der Waals surface area contributed by atoms with Gasteiger partial charge in [0.15, 0.2) is 0 Å². The number of rotatable bonds is 24. The number of nitrogens with zero attached hydrogens (tertiary/aromatic N) is 4. The van der Waals surface area contributed by atoms with Crippen LogP contribution in [0.25, 0.3) is 0 Å². The molecule has 2 N–H and O–H groups in total.